The maximum absolute atomic E-state index is 13.5. The molecule has 0 unspecified atom stereocenters. The second-order valence-corrected chi connectivity index (χ2v) is 9.62. The summed E-state index contributed by atoms with van der Waals surface area (Å²) < 4.78 is 0. The Hall–Kier alpha value is -2.11. The third-order valence-corrected chi connectivity index (χ3v) is 6.80. The van der Waals surface area contributed by atoms with Gasteiger partial charge in [0.2, 0.25) is 11.8 Å². The van der Waals surface area contributed by atoms with Gasteiger partial charge in [-0.2, -0.15) is 0 Å². The van der Waals surface area contributed by atoms with Gasteiger partial charge in [0.15, 0.2) is 0 Å². The Morgan fingerprint density at radius 1 is 1.28 bits per heavy atom. The predicted molar refractivity (Wildman–Crippen MR) is 113 cm³/mol. The van der Waals surface area contributed by atoms with Crippen molar-refractivity contribution in [3.8, 4) is 0 Å². The molecule has 2 saturated heterocycles. The highest BCUT2D eigenvalue weighted by Crippen LogP contribution is 2.44. The fraction of sp³-hybridized carbons (Fsp3) is 0.696. The van der Waals surface area contributed by atoms with Crippen LogP contribution in [0.1, 0.15) is 46.0 Å². The van der Waals surface area contributed by atoms with Crippen molar-refractivity contribution in [2.45, 2.75) is 46.0 Å². The molecule has 6 heteroatoms. The highest BCUT2D eigenvalue weighted by atomic mass is 16.2. The van der Waals surface area contributed by atoms with Crippen molar-refractivity contribution in [1.82, 2.24) is 15.2 Å². The van der Waals surface area contributed by atoms with Crippen LogP contribution >= 0.6 is 0 Å². The van der Waals surface area contributed by atoms with E-state index in [4.69, 9.17) is 0 Å². The summed E-state index contributed by atoms with van der Waals surface area (Å²) >= 11 is 0. The third-order valence-electron chi connectivity index (χ3n) is 6.80. The van der Waals surface area contributed by atoms with Gasteiger partial charge in [-0.25, -0.2) is 4.98 Å². The van der Waals surface area contributed by atoms with E-state index in [1.165, 1.54) is 12.8 Å². The molecule has 1 aliphatic carbocycles. The van der Waals surface area contributed by atoms with E-state index in [2.05, 4.69) is 29.0 Å². The number of amides is 2. The first-order valence-corrected chi connectivity index (χ1v) is 11.2. The second kappa shape index (κ2) is 8.33. The minimum atomic E-state index is -0.431. The van der Waals surface area contributed by atoms with Crippen molar-refractivity contribution >= 4 is 17.6 Å². The summed E-state index contributed by atoms with van der Waals surface area (Å²) in [5, 5.41) is 3.26. The number of carbonyl (C=O) groups is 2. The summed E-state index contributed by atoms with van der Waals surface area (Å²) in [7, 11) is 0. The van der Waals surface area contributed by atoms with E-state index < -0.39 is 5.41 Å². The number of nitrogens with one attached hydrogen (secondary N) is 1. The molecule has 0 spiro atoms. The van der Waals surface area contributed by atoms with Crippen LogP contribution in [-0.4, -0.2) is 54.4 Å². The number of anilines is 1. The summed E-state index contributed by atoms with van der Waals surface area (Å²) in [5.74, 6) is 2.50. The highest BCUT2D eigenvalue weighted by molar-refractivity contribution is 5.85. The van der Waals surface area contributed by atoms with E-state index in [0.29, 0.717) is 31.3 Å². The largest absolute Gasteiger partial charge is 0.355 e. The Balaban J connectivity index is 1.56. The van der Waals surface area contributed by atoms with Crippen LogP contribution in [0.15, 0.2) is 24.4 Å². The van der Waals surface area contributed by atoms with Gasteiger partial charge in [-0.05, 0) is 49.7 Å². The van der Waals surface area contributed by atoms with Crippen LogP contribution in [0.25, 0.3) is 0 Å². The smallest absolute Gasteiger partial charge is 0.228 e. The van der Waals surface area contributed by atoms with E-state index in [0.717, 1.165) is 38.3 Å². The molecule has 1 aromatic rings. The van der Waals surface area contributed by atoms with Crippen molar-refractivity contribution in [3.63, 3.8) is 0 Å². The van der Waals surface area contributed by atoms with Crippen molar-refractivity contribution < 1.29 is 9.59 Å². The van der Waals surface area contributed by atoms with Gasteiger partial charge in [-0.15, -0.1) is 0 Å². The molecule has 158 valence electrons. The van der Waals surface area contributed by atoms with E-state index in [-0.39, 0.29) is 17.7 Å². The van der Waals surface area contributed by atoms with Gasteiger partial charge in [0, 0.05) is 51.3 Å². The van der Waals surface area contributed by atoms with Gasteiger partial charge in [-0.3, -0.25) is 9.59 Å². The first-order chi connectivity index (χ1) is 14.0. The van der Waals surface area contributed by atoms with E-state index >= 15 is 0 Å². The first kappa shape index (κ1) is 20.2. The normalized spacial score (nSPS) is 26.9. The minimum absolute atomic E-state index is 0.141. The number of aromatic nitrogens is 1. The topological polar surface area (TPSA) is 65.5 Å². The maximum atomic E-state index is 13.5. The van der Waals surface area contributed by atoms with Gasteiger partial charge in [0.25, 0.3) is 0 Å². The average Bonchev–Trinajstić information content (AvgIpc) is 3.49. The van der Waals surface area contributed by atoms with Crippen molar-refractivity contribution in [3.05, 3.63) is 24.4 Å². The molecule has 6 nitrogen and oxygen atoms in total. The fourth-order valence-corrected chi connectivity index (χ4v) is 4.96. The van der Waals surface area contributed by atoms with Crippen LogP contribution in [-0.2, 0) is 9.59 Å². The number of fused-ring (bicyclic) bond motifs is 1. The predicted octanol–water partition coefficient (Wildman–Crippen LogP) is 2.70. The molecule has 3 aliphatic rings. The summed E-state index contributed by atoms with van der Waals surface area (Å²) in [4.78, 5) is 35.0. The van der Waals surface area contributed by atoms with Gasteiger partial charge in [0.1, 0.15) is 5.82 Å². The van der Waals surface area contributed by atoms with Crippen LogP contribution in [0.2, 0.25) is 0 Å². The lowest BCUT2D eigenvalue weighted by Gasteiger charge is -2.32. The summed E-state index contributed by atoms with van der Waals surface area (Å²) in [6.45, 7) is 7.88. The van der Waals surface area contributed by atoms with Crippen LogP contribution in [0, 0.1) is 23.2 Å². The lowest BCUT2D eigenvalue weighted by Crippen LogP contribution is -2.48. The number of hydrogen-bond acceptors (Lipinski definition) is 4. The Labute approximate surface area is 174 Å². The van der Waals surface area contributed by atoms with Crippen LogP contribution in [0.5, 0.6) is 0 Å². The number of nitrogens with zero attached hydrogens (tertiary/aromatic N) is 3. The van der Waals surface area contributed by atoms with Gasteiger partial charge in [0.05, 0.1) is 5.41 Å². The first-order valence-electron chi connectivity index (χ1n) is 11.2. The second-order valence-electron chi connectivity index (χ2n) is 9.62. The SMILES string of the molecule is CC(C)CC(=O)N1CCC[C@]2(C(=O)NCC3CC3)CN(c3ccccn3)C[C@@H]2C1. The molecule has 4 rings (SSSR count). The zero-order chi connectivity index (χ0) is 20.4. The molecule has 1 aromatic heterocycles. The molecule has 2 amide bonds. The maximum Gasteiger partial charge on any atom is 0.228 e. The summed E-state index contributed by atoms with van der Waals surface area (Å²) in [6, 6.07) is 5.93. The van der Waals surface area contributed by atoms with Crippen LogP contribution in [0.3, 0.4) is 0 Å². The Kier molecular flexibility index (Phi) is 5.79. The van der Waals surface area contributed by atoms with Crippen LogP contribution in [0.4, 0.5) is 5.82 Å². The van der Waals surface area contributed by atoms with E-state index in [1.54, 1.807) is 0 Å². The molecule has 3 heterocycles. The molecular weight excluding hydrogens is 364 g/mol. The molecule has 2 aliphatic heterocycles. The van der Waals surface area contributed by atoms with Gasteiger partial charge >= 0.3 is 0 Å². The molecule has 2 atom stereocenters. The molecular formula is C23H34N4O2. The molecule has 0 bridgehead atoms. The van der Waals surface area contributed by atoms with Gasteiger partial charge < -0.3 is 15.1 Å². The van der Waals surface area contributed by atoms with Gasteiger partial charge in [-0.1, -0.05) is 19.9 Å². The van der Waals surface area contributed by atoms with Crippen molar-refractivity contribution in [1.29, 1.82) is 0 Å². The number of carbonyl (C=O) groups excluding carboxylic acids is 2. The zero-order valence-electron chi connectivity index (χ0n) is 17.8. The number of pyridine rings is 1. The Bertz CT molecular complexity index is 734. The quantitative estimate of drug-likeness (QED) is 0.800. The van der Waals surface area contributed by atoms with E-state index in [9.17, 15) is 9.59 Å². The number of rotatable bonds is 6. The lowest BCUT2D eigenvalue weighted by atomic mass is 9.74. The Morgan fingerprint density at radius 2 is 2.10 bits per heavy atom. The molecule has 1 N–H and O–H groups in total. The van der Waals surface area contributed by atoms with Crippen molar-refractivity contribution in [2.24, 2.45) is 23.2 Å². The number of hydrogen-bond donors (Lipinski definition) is 1. The van der Waals surface area contributed by atoms with Crippen molar-refractivity contribution in [2.75, 3.05) is 37.6 Å². The van der Waals surface area contributed by atoms with Crippen LogP contribution < -0.4 is 10.2 Å². The molecule has 3 fully saturated rings. The zero-order valence-corrected chi connectivity index (χ0v) is 17.8. The summed E-state index contributed by atoms with van der Waals surface area (Å²) in [5.41, 5.74) is -0.431. The fourth-order valence-electron chi connectivity index (χ4n) is 4.96. The monoisotopic (exact) mass is 398 g/mol. The lowest BCUT2D eigenvalue weighted by molar-refractivity contribution is -0.135. The third kappa shape index (κ3) is 4.41. The minimum Gasteiger partial charge on any atom is -0.355 e. The molecule has 0 aromatic carbocycles. The molecule has 29 heavy (non-hydrogen) atoms. The number of likely N-dealkylation sites (tertiary alicyclic amines) is 1. The Morgan fingerprint density at radius 3 is 2.79 bits per heavy atom. The molecule has 0 radical (unpaired) electrons. The average molecular weight is 399 g/mol. The highest BCUT2D eigenvalue weighted by Gasteiger charge is 2.53. The molecule has 1 saturated carbocycles. The van der Waals surface area contributed by atoms with E-state index in [1.807, 2.05) is 29.3 Å². The standard InChI is InChI=1S/C23H34N4O2/c1-17(2)12-21(28)26-11-5-9-23(22(29)25-13-18-7-8-18)16-27(15-19(23)14-26)20-6-3-4-10-24-20/h3-4,6,10,17-19H,5,7-9,11-16H2,1-2H3,(H,25,29)/t19-,23-/m0/s1. The summed E-state index contributed by atoms with van der Waals surface area (Å²) in [6.07, 6.45) is 6.57.